The van der Waals surface area contributed by atoms with Crippen molar-refractivity contribution in [3.8, 4) is 0 Å². The van der Waals surface area contributed by atoms with Crippen LogP contribution in [0.25, 0.3) is 0 Å². The van der Waals surface area contributed by atoms with Gasteiger partial charge in [0.2, 0.25) is 0 Å². The summed E-state index contributed by atoms with van der Waals surface area (Å²) in [6, 6.07) is 7.65. The van der Waals surface area contributed by atoms with E-state index >= 15 is 0 Å². The maximum absolute atomic E-state index is 12.2. The van der Waals surface area contributed by atoms with Crippen molar-refractivity contribution < 1.29 is 14.6 Å². The summed E-state index contributed by atoms with van der Waals surface area (Å²) in [5.74, 6) is 0. The quantitative estimate of drug-likeness (QED) is 0.749. The standard InChI is InChI=1S/C19H30N2O3/c1-14(12-18(2,3)24-4)21-17(22)20-13-19(23)11-7-9-15-8-5-6-10-16(15)19/h5-6,8,10,14,23H,7,9,11-13H2,1-4H3,(H2,20,21,22). The summed E-state index contributed by atoms with van der Waals surface area (Å²) < 4.78 is 5.39. The minimum atomic E-state index is -0.985. The van der Waals surface area contributed by atoms with Crippen LogP contribution < -0.4 is 10.6 Å². The van der Waals surface area contributed by atoms with Crippen molar-refractivity contribution in [2.75, 3.05) is 13.7 Å². The first-order valence-electron chi connectivity index (χ1n) is 8.66. The van der Waals surface area contributed by atoms with Gasteiger partial charge in [-0.15, -0.1) is 0 Å². The summed E-state index contributed by atoms with van der Waals surface area (Å²) in [6.07, 6.45) is 3.28. The van der Waals surface area contributed by atoms with Gasteiger partial charge >= 0.3 is 6.03 Å². The molecule has 1 aliphatic rings. The topological polar surface area (TPSA) is 70.6 Å². The Morgan fingerprint density at radius 2 is 2.12 bits per heavy atom. The van der Waals surface area contributed by atoms with Crippen LogP contribution in [0.2, 0.25) is 0 Å². The molecule has 2 atom stereocenters. The van der Waals surface area contributed by atoms with Crippen LogP contribution in [0.5, 0.6) is 0 Å². The summed E-state index contributed by atoms with van der Waals surface area (Å²) in [7, 11) is 1.67. The van der Waals surface area contributed by atoms with Crippen molar-refractivity contribution in [2.45, 2.75) is 63.7 Å². The lowest BCUT2D eigenvalue weighted by Crippen LogP contribution is -2.49. The normalized spacial score (nSPS) is 21.7. The number of methoxy groups -OCH3 is 1. The monoisotopic (exact) mass is 334 g/mol. The molecule has 0 radical (unpaired) electrons. The minimum absolute atomic E-state index is 0.0202. The summed E-state index contributed by atoms with van der Waals surface area (Å²) >= 11 is 0. The fourth-order valence-electron chi connectivity index (χ4n) is 3.45. The first-order valence-corrected chi connectivity index (χ1v) is 8.66. The van der Waals surface area contributed by atoms with E-state index in [-0.39, 0.29) is 24.2 Å². The molecule has 1 aliphatic carbocycles. The van der Waals surface area contributed by atoms with Crippen molar-refractivity contribution >= 4 is 6.03 Å². The SMILES string of the molecule is COC(C)(C)CC(C)NC(=O)NCC1(O)CCCc2ccccc21. The fraction of sp³-hybridized carbons (Fsp3) is 0.632. The van der Waals surface area contributed by atoms with Crippen molar-refractivity contribution in [1.29, 1.82) is 0 Å². The third-order valence-electron chi connectivity index (χ3n) is 4.82. The molecule has 0 aromatic heterocycles. The Morgan fingerprint density at radius 3 is 2.83 bits per heavy atom. The molecule has 134 valence electrons. The zero-order valence-electron chi connectivity index (χ0n) is 15.2. The molecule has 0 saturated carbocycles. The predicted molar refractivity (Wildman–Crippen MR) is 95.0 cm³/mol. The molecule has 2 rings (SSSR count). The summed E-state index contributed by atoms with van der Waals surface area (Å²) in [5, 5.41) is 16.7. The predicted octanol–water partition coefficient (Wildman–Crippen LogP) is 2.71. The summed E-state index contributed by atoms with van der Waals surface area (Å²) in [4.78, 5) is 12.2. The van der Waals surface area contributed by atoms with E-state index in [1.165, 1.54) is 5.56 Å². The van der Waals surface area contributed by atoms with E-state index in [4.69, 9.17) is 4.74 Å². The first kappa shape index (κ1) is 18.7. The van der Waals surface area contributed by atoms with E-state index in [0.29, 0.717) is 12.8 Å². The molecule has 0 saturated heterocycles. The number of benzene rings is 1. The number of carbonyl (C=O) groups is 1. The molecule has 1 aromatic rings. The zero-order chi connectivity index (χ0) is 17.8. The highest BCUT2D eigenvalue weighted by atomic mass is 16.5. The third-order valence-corrected chi connectivity index (χ3v) is 4.82. The molecule has 0 aliphatic heterocycles. The van der Waals surface area contributed by atoms with Crippen molar-refractivity contribution in [1.82, 2.24) is 10.6 Å². The van der Waals surface area contributed by atoms with Crippen LogP contribution in [-0.4, -0.2) is 36.4 Å². The highest BCUT2D eigenvalue weighted by Crippen LogP contribution is 2.34. The Labute approximate surface area is 144 Å². The van der Waals surface area contributed by atoms with E-state index < -0.39 is 5.60 Å². The molecule has 1 aromatic carbocycles. The average molecular weight is 334 g/mol. The second kappa shape index (κ2) is 7.53. The summed E-state index contributed by atoms with van der Waals surface area (Å²) in [6.45, 7) is 6.15. The van der Waals surface area contributed by atoms with Gasteiger partial charge in [-0.1, -0.05) is 24.3 Å². The van der Waals surface area contributed by atoms with Crippen molar-refractivity contribution in [3.05, 3.63) is 35.4 Å². The number of aliphatic hydroxyl groups is 1. The lowest BCUT2D eigenvalue weighted by Gasteiger charge is -2.35. The van der Waals surface area contributed by atoms with Crippen LogP contribution in [0.3, 0.4) is 0 Å². The molecule has 0 bridgehead atoms. The van der Waals surface area contributed by atoms with Crippen molar-refractivity contribution in [2.24, 2.45) is 0 Å². The van der Waals surface area contributed by atoms with E-state index in [2.05, 4.69) is 16.7 Å². The number of nitrogens with one attached hydrogen (secondary N) is 2. The van der Waals surface area contributed by atoms with Gasteiger partial charge in [-0.3, -0.25) is 0 Å². The van der Waals surface area contributed by atoms with Gasteiger partial charge in [0.25, 0.3) is 0 Å². The van der Waals surface area contributed by atoms with Crippen molar-refractivity contribution in [3.63, 3.8) is 0 Å². The largest absolute Gasteiger partial charge is 0.383 e. The van der Waals surface area contributed by atoms with E-state index in [1.807, 2.05) is 39.0 Å². The van der Waals surface area contributed by atoms with Gasteiger partial charge in [0.05, 0.1) is 12.1 Å². The number of rotatable bonds is 6. The van der Waals surface area contributed by atoms with Crippen LogP contribution in [0.1, 0.15) is 51.2 Å². The number of fused-ring (bicyclic) bond motifs is 1. The molecule has 0 spiro atoms. The van der Waals surface area contributed by atoms with E-state index in [1.54, 1.807) is 7.11 Å². The van der Waals surface area contributed by atoms with Gasteiger partial charge in [-0.25, -0.2) is 4.79 Å². The van der Waals surface area contributed by atoms with Crippen LogP contribution in [-0.2, 0) is 16.8 Å². The second-order valence-corrected chi connectivity index (χ2v) is 7.44. The molecule has 0 fully saturated rings. The lowest BCUT2D eigenvalue weighted by atomic mass is 9.79. The number of hydrogen-bond acceptors (Lipinski definition) is 3. The Hall–Kier alpha value is -1.59. The molecular formula is C19H30N2O3. The molecule has 0 heterocycles. The second-order valence-electron chi connectivity index (χ2n) is 7.44. The highest BCUT2D eigenvalue weighted by molar-refractivity contribution is 5.74. The lowest BCUT2D eigenvalue weighted by molar-refractivity contribution is 0.00877. The number of urea groups is 1. The van der Waals surface area contributed by atoms with E-state index in [9.17, 15) is 9.90 Å². The smallest absolute Gasteiger partial charge is 0.315 e. The van der Waals surface area contributed by atoms with Gasteiger partial charge in [-0.2, -0.15) is 0 Å². The molecule has 5 nitrogen and oxygen atoms in total. The first-order chi connectivity index (χ1) is 11.3. The highest BCUT2D eigenvalue weighted by Gasteiger charge is 2.34. The summed E-state index contributed by atoms with van der Waals surface area (Å²) in [5.41, 5.74) is 0.836. The molecule has 24 heavy (non-hydrogen) atoms. The van der Waals surface area contributed by atoms with Gasteiger partial charge in [0, 0.05) is 13.2 Å². The van der Waals surface area contributed by atoms with Gasteiger partial charge < -0.3 is 20.5 Å². The average Bonchev–Trinajstić information content (AvgIpc) is 2.53. The zero-order valence-corrected chi connectivity index (χ0v) is 15.2. The molecule has 2 unspecified atom stereocenters. The van der Waals surface area contributed by atoms with Crippen LogP contribution >= 0.6 is 0 Å². The Bertz CT molecular complexity index is 573. The number of hydrogen-bond donors (Lipinski definition) is 3. The number of amides is 2. The maximum Gasteiger partial charge on any atom is 0.315 e. The van der Waals surface area contributed by atoms with Gasteiger partial charge in [0.15, 0.2) is 0 Å². The van der Waals surface area contributed by atoms with Crippen LogP contribution in [0, 0.1) is 0 Å². The fourth-order valence-corrected chi connectivity index (χ4v) is 3.45. The van der Waals surface area contributed by atoms with Gasteiger partial charge in [-0.05, 0) is 57.6 Å². The maximum atomic E-state index is 12.2. The number of ether oxygens (including phenoxy) is 1. The Morgan fingerprint density at radius 1 is 1.42 bits per heavy atom. The molecular weight excluding hydrogens is 304 g/mol. The Kier molecular flexibility index (Phi) is 5.88. The third kappa shape index (κ3) is 4.71. The Balaban J connectivity index is 1.90. The van der Waals surface area contributed by atoms with E-state index in [0.717, 1.165) is 18.4 Å². The molecule has 2 amide bonds. The van der Waals surface area contributed by atoms with Crippen LogP contribution in [0.4, 0.5) is 4.79 Å². The van der Waals surface area contributed by atoms with Gasteiger partial charge in [0.1, 0.15) is 5.60 Å². The van der Waals surface area contributed by atoms with Crippen LogP contribution in [0.15, 0.2) is 24.3 Å². The number of aryl methyl sites for hydroxylation is 1. The molecule has 5 heteroatoms. The number of carbonyl (C=O) groups excluding carboxylic acids is 1. The molecule has 3 N–H and O–H groups in total. The minimum Gasteiger partial charge on any atom is -0.383 e.